The summed E-state index contributed by atoms with van der Waals surface area (Å²) in [5.74, 6) is 0.660. The van der Waals surface area contributed by atoms with Gasteiger partial charge in [-0.1, -0.05) is 27.2 Å². The Morgan fingerprint density at radius 3 is 2.55 bits per heavy atom. The molecule has 1 aliphatic carbocycles. The van der Waals surface area contributed by atoms with Crippen LogP contribution in [0.1, 0.15) is 40.0 Å². The summed E-state index contributed by atoms with van der Waals surface area (Å²) in [5, 5.41) is 3.31. The summed E-state index contributed by atoms with van der Waals surface area (Å²) < 4.78 is 27.5. The van der Waals surface area contributed by atoms with E-state index in [1.807, 2.05) is 0 Å². The maximum Gasteiger partial charge on any atom is 0.149 e. The van der Waals surface area contributed by atoms with Crippen LogP contribution in [-0.4, -0.2) is 6.04 Å². The highest BCUT2D eigenvalue weighted by atomic mass is 79.9. The van der Waals surface area contributed by atoms with E-state index in [9.17, 15) is 8.78 Å². The summed E-state index contributed by atoms with van der Waals surface area (Å²) >= 11 is 3.12. The minimum atomic E-state index is -0.564. The fourth-order valence-electron chi connectivity index (χ4n) is 3.20. The van der Waals surface area contributed by atoms with Crippen LogP contribution in [0.4, 0.5) is 14.5 Å². The van der Waals surface area contributed by atoms with Crippen molar-refractivity contribution in [1.29, 1.82) is 0 Å². The van der Waals surface area contributed by atoms with Crippen molar-refractivity contribution in [1.82, 2.24) is 0 Å². The monoisotopic (exact) mass is 345 g/mol. The van der Waals surface area contributed by atoms with Crippen molar-refractivity contribution >= 4 is 21.6 Å². The molecule has 1 fully saturated rings. The predicted octanol–water partition coefficient (Wildman–Crippen LogP) is 5.60. The van der Waals surface area contributed by atoms with E-state index in [1.165, 1.54) is 18.9 Å². The van der Waals surface area contributed by atoms with Gasteiger partial charge in [0.25, 0.3) is 0 Å². The molecule has 0 heterocycles. The summed E-state index contributed by atoms with van der Waals surface area (Å²) in [4.78, 5) is 0. The first-order chi connectivity index (χ1) is 9.38. The highest BCUT2D eigenvalue weighted by Crippen LogP contribution is 2.36. The van der Waals surface area contributed by atoms with Crippen molar-refractivity contribution in [2.24, 2.45) is 17.8 Å². The molecule has 1 aromatic carbocycles. The first-order valence-electron chi connectivity index (χ1n) is 7.29. The second-order valence-electron chi connectivity index (χ2n) is 6.32. The van der Waals surface area contributed by atoms with Gasteiger partial charge in [0.2, 0.25) is 0 Å². The van der Waals surface area contributed by atoms with E-state index in [0.29, 0.717) is 27.9 Å². The molecule has 0 aliphatic heterocycles. The van der Waals surface area contributed by atoms with Crippen molar-refractivity contribution in [2.45, 2.75) is 46.1 Å². The van der Waals surface area contributed by atoms with Crippen LogP contribution in [-0.2, 0) is 0 Å². The third-order valence-corrected chi connectivity index (χ3v) is 4.98. The number of benzene rings is 1. The molecule has 1 nitrogen and oxygen atoms in total. The molecule has 0 radical (unpaired) electrons. The van der Waals surface area contributed by atoms with Gasteiger partial charge in [0.1, 0.15) is 11.6 Å². The number of rotatable bonds is 3. The Bertz CT molecular complexity index is 476. The zero-order valence-electron chi connectivity index (χ0n) is 12.2. The van der Waals surface area contributed by atoms with Gasteiger partial charge in [-0.3, -0.25) is 0 Å². The molecule has 0 amide bonds. The van der Waals surface area contributed by atoms with Gasteiger partial charge >= 0.3 is 0 Å². The SMILES string of the molecule is CC1CCC(C(C)C)C(Nc2cc(Br)c(F)cc2F)C1. The Balaban J connectivity index is 2.20. The molecule has 112 valence electrons. The van der Waals surface area contributed by atoms with Gasteiger partial charge in [0.05, 0.1) is 10.2 Å². The predicted molar refractivity (Wildman–Crippen MR) is 82.8 cm³/mol. The second-order valence-corrected chi connectivity index (χ2v) is 7.18. The lowest BCUT2D eigenvalue weighted by Crippen LogP contribution is -2.38. The van der Waals surface area contributed by atoms with Gasteiger partial charge in [0.15, 0.2) is 0 Å². The lowest BCUT2D eigenvalue weighted by atomic mass is 9.74. The molecule has 0 saturated heterocycles. The first-order valence-corrected chi connectivity index (χ1v) is 8.09. The zero-order valence-corrected chi connectivity index (χ0v) is 13.8. The summed E-state index contributed by atoms with van der Waals surface area (Å²) in [6.45, 7) is 6.67. The van der Waals surface area contributed by atoms with Gasteiger partial charge in [0, 0.05) is 12.1 Å². The Labute approximate surface area is 128 Å². The quantitative estimate of drug-likeness (QED) is 0.703. The Morgan fingerprint density at radius 2 is 1.90 bits per heavy atom. The van der Waals surface area contributed by atoms with Gasteiger partial charge in [-0.15, -0.1) is 0 Å². The number of nitrogens with one attached hydrogen (secondary N) is 1. The zero-order chi connectivity index (χ0) is 14.9. The highest BCUT2D eigenvalue weighted by molar-refractivity contribution is 9.10. The van der Waals surface area contributed by atoms with Gasteiger partial charge in [-0.05, 0) is 52.6 Å². The third-order valence-electron chi connectivity index (χ3n) is 4.37. The average Bonchev–Trinajstić information content (AvgIpc) is 2.35. The highest BCUT2D eigenvalue weighted by Gasteiger charge is 2.31. The van der Waals surface area contributed by atoms with E-state index >= 15 is 0 Å². The molecule has 20 heavy (non-hydrogen) atoms. The Hall–Kier alpha value is -0.640. The number of halogens is 3. The van der Waals surface area contributed by atoms with Gasteiger partial charge in [-0.2, -0.15) is 0 Å². The maximum atomic E-state index is 13.9. The number of hydrogen-bond acceptors (Lipinski definition) is 1. The van der Waals surface area contributed by atoms with Crippen molar-refractivity contribution in [3.63, 3.8) is 0 Å². The fourth-order valence-corrected chi connectivity index (χ4v) is 3.54. The van der Waals surface area contributed by atoms with Gasteiger partial charge < -0.3 is 5.32 Å². The van der Waals surface area contributed by atoms with Crippen LogP contribution in [0.15, 0.2) is 16.6 Å². The van der Waals surface area contributed by atoms with E-state index in [0.717, 1.165) is 12.5 Å². The summed E-state index contributed by atoms with van der Waals surface area (Å²) in [6.07, 6.45) is 3.44. The van der Waals surface area contributed by atoms with Crippen molar-refractivity contribution in [3.8, 4) is 0 Å². The number of hydrogen-bond donors (Lipinski definition) is 1. The molecule has 1 N–H and O–H groups in total. The normalized spacial score (nSPS) is 26.9. The molecule has 1 aliphatic rings. The minimum Gasteiger partial charge on any atom is -0.380 e. The first kappa shape index (κ1) is 15.7. The van der Waals surface area contributed by atoms with Crippen molar-refractivity contribution in [2.75, 3.05) is 5.32 Å². The topological polar surface area (TPSA) is 12.0 Å². The van der Waals surface area contributed by atoms with E-state index in [4.69, 9.17) is 0 Å². The van der Waals surface area contributed by atoms with E-state index < -0.39 is 11.6 Å². The molecule has 2 rings (SSSR count). The smallest absolute Gasteiger partial charge is 0.149 e. The third kappa shape index (κ3) is 3.51. The van der Waals surface area contributed by atoms with E-state index in [1.54, 1.807) is 0 Å². The number of anilines is 1. The van der Waals surface area contributed by atoms with E-state index in [-0.39, 0.29) is 6.04 Å². The molecule has 0 spiro atoms. The van der Waals surface area contributed by atoms with Crippen LogP contribution in [0.3, 0.4) is 0 Å². The van der Waals surface area contributed by atoms with Crippen LogP contribution < -0.4 is 5.32 Å². The summed E-state index contributed by atoms with van der Waals surface area (Å²) in [7, 11) is 0. The molecule has 3 atom stereocenters. The van der Waals surface area contributed by atoms with Crippen LogP contribution in [0.25, 0.3) is 0 Å². The van der Waals surface area contributed by atoms with Crippen molar-refractivity contribution < 1.29 is 8.78 Å². The van der Waals surface area contributed by atoms with Crippen LogP contribution in [0.2, 0.25) is 0 Å². The summed E-state index contributed by atoms with van der Waals surface area (Å²) in [6, 6.07) is 2.69. The lowest BCUT2D eigenvalue weighted by Gasteiger charge is -2.38. The van der Waals surface area contributed by atoms with Crippen LogP contribution in [0.5, 0.6) is 0 Å². The average molecular weight is 346 g/mol. The van der Waals surface area contributed by atoms with Crippen LogP contribution >= 0.6 is 15.9 Å². The lowest BCUT2D eigenvalue weighted by molar-refractivity contribution is 0.211. The maximum absolute atomic E-state index is 13.9. The molecule has 0 bridgehead atoms. The molecular formula is C16H22BrF2N. The molecule has 1 aromatic rings. The molecular weight excluding hydrogens is 324 g/mol. The largest absolute Gasteiger partial charge is 0.380 e. The van der Waals surface area contributed by atoms with Crippen molar-refractivity contribution in [3.05, 3.63) is 28.2 Å². The molecule has 0 aromatic heterocycles. The molecule has 1 saturated carbocycles. The van der Waals surface area contributed by atoms with Gasteiger partial charge in [-0.25, -0.2) is 8.78 Å². The Kier molecular flexibility index (Phi) is 5.05. The standard InChI is InChI=1S/C16H22BrF2N/c1-9(2)11-5-4-10(3)6-15(11)20-16-7-12(17)13(18)8-14(16)19/h7-11,15,20H,4-6H2,1-3H3. The fraction of sp³-hybridized carbons (Fsp3) is 0.625. The van der Waals surface area contributed by atoms with Crippen LogP contribution in [0, 0.1) is 29.4 Å². The molecule has 4 heteroatoms. The minimum absolute atomic E-state index is 0.255. The summed E-state index contributed by atoms with van der Waals surface area (Å²) in [5.41, 5.74) is 0.392. The molecule has 3 unspecified atom stereocenters. The van der Waals surface area contributed by atoms with E-state index in [2.05, 4.69) is 42.0 Å². The second kappa shape index (κ2) is 6.42. The Morgan fingerprint density at radius 1 is 1.20 bits per heavy atom.